The van der Waals surface area contributed by atoms with Crippen LogP contribution in [-0.4, -0.2) is 15.0 Å². The quantitative estimate of drug-likeness (QED) is 0.180. The molecule has 1 atom stereocenters. The number of hydrogen-bond acceptors (Lipinski definition) is 3. The van der Waals surface area contributed by atoms with Crippen molar-refractivity contribution in [2.45, 2.75) is 5.41 Å². The Kier molecular flexibility index (Phi) is 6.65. The molecule has 1 aromatic heterocycles. The van der Waals surface area contributed by atoms with E-state index in [0.717, 1.165) is 22.3 Å². The third-order valence-corrected chi connectivity index (χ3v) is 12.9. The number of benzene rings is 9. The van der Waals surface area contributed by atoms with Gasteiger partial charge in [0.1, 0.15) is 0 Å². The Balaban J connectivity index is 1.11. The van der Waals surface area contributed by atoms with Crippen molar-refractivity contribution in [2.75, 3.05) is 0 Å². The first-order chi connectivity index (χ1) is 29.3. The fraction of sp³-hybridized carbons (Fsp3) is 0.0179. The van der Waals surface area contributed by atoms with Crippen LogP contribution in [0.4, 0.5) is 0 Å². The summed E-state index contributed by atoms with van der Waals surface area (Å²) in [5, 5.41) is 2.64. The Bertz CT molecular complexity index is 3370. The molecule has 59 heavy (non-hydrogen) atoms. The van der Waals surface area contributed by atoms with Crippen LogP contribution in [0, 0.1) is 0 Å². The molecule has 0 saturated heterocycles. The molecular weight excluding hydrogens is 715 g/mol. The van der Waals surface area contributed by atoms with Crippen LogP contribution >= 0.6 is 0 Å². The molecule has 0 saturated carbocycles. The minimum atomic E-state index is -0.621. The number of nitrogens with zero attached hydrogens (tertiary/aromatic N) is 3. The van der Waals surface area contributed by atoms with Gasteiger partial charge in [0.2, 0.25) is 0 Å². The van der Waals surface area contributed by atoms with E-state index >= 15 is 0 Å². The monoisotopic (exact) mass is 747 g/mol. The molecule has 1 unspecified atom stereocenters. The van der Waals surface area contributed by atoms with E-state index in [9.17, 15) is 0 Å². The summed E-state index contributed by atoms with van der Waals surface area (Å²) in [7, 11) is 0. The summed E-state index contributed by atoms with van der Waals surface area (Å²) in [6, 6.07) is 72.4. The number of fused-ring (bicyclic) bond motifs is 14. The molecule has 3 aliphatic carbocycles. The standard InChI is InChI=1S/C56H33N3/c1-3-15-34(16-4-1)35-29-31-37(32-30-35)54-57-53(36-17-5-2-6-18-36)58-55(59-54)45-26-14-24-42-40-21-9-11-27-47(40)56(52(42)45)48-28-12-10-22-43(48)51-44-25-13-23-41-38-19-7-8-20-39(38)46(50(41)44)33-49(51)56/h1-33H. The highest BCUT2D eigenvalue weighted by Gasteiger charge is 2.54. The van der Waals surface area contributed by atoms with Crippen LogP contribution < -0.4 is 0 Å². The molecule has 3 nitrogen and oxygen atoms in total. The summed E-state index contributed by atoms with van der Waals surface area (Å²) in [5.74, 6) is 1.95. The van der Waals surface area contributed by atoms with E-state index < -0.39 is 5.41 Å². The molecule has 272 valence electrons. The summed E-state index contributed by atoms with van der Waals surface area (Å²) < 4.78 is 0. The smallest absolute Gasteiger partial charge is 0.164 e. The summed E-state index contributed by atoms with van der Waals surface area (Å²) in [4.78, 5) is 15.9. The summed E-state index contributed by atoms with van der Waals surface area (Å²) in [5.41, 5.74) is 20.0. The van der Waals surface area contributed by atoms with Gasteiger partial charge in [-0.1, -0.05) is 194 Å². The Hall–Kier alpha value is -7.75. The zero-order chi connectivity index (χ0) is 38.7. The Morgan fingerprint density at radius 3 is 1.49 bits per heavy atom. The van der Waals surface area contributed by atoms with Gasteiger partial charge in [0, 0.05) is 16.7 Å². The lowest BCUT2D eigenvalue weighted by molar-refractivity contribution is 0.795. The van der Waals surface area contributed by atoms with Gasteiger partial charge in [-0.15, -0.1) is 0 Å². The molecule has 0 radical (unpaired) electrons. The zero-order valence-corrected chi connectivity index (χ0v) is 31.9. The third kappa shape index (κ3) is 4.39. The van der Waals surface area contributed by atoms with E-state index in [0.29, 0.717) is 17.5 Å². The van der Waals surface area contributed by atoms with Crippen LogP contribution in [0.25, 0.3) is 101 Å². The van der Waals surface area contributed by atoms with Crippen molar-refractivity contribution in [1.82, 2.24) is 15.0 Å². The molecule has 9 aromatic carbocycles. The zero-order valence-electron chi connectivity index (χ0n) is 31.9. The van der Waals surface area contributed by atoms with E-state index in [1.807, 2.05) is 24.3 Å². The van der Waals surface area contributed by atoms with Crippen molar-refractivity contribution < 1.29 is 0 Å². The van der Waals surface area contributed by atoms with Crippen molar-refractivity contribution in [2.24, 2.45) is 0 Å². The predicted molar refractivity (Wildman–Crippen MR) is 240 cm³/mol. The van der Waals surface area contributed by atoms with Crippen LogP contribution in [0.15, 0.2) is 200 Å². The van der Waals surface area contributed by atoms with Crippen molar-refractivity contribution in [3.63, 3.8) is 0 Å². The average molecular weight is 748 g/mol. The molecule has 0 N–H and O–H groups in total. The molecule has 0 amide bonds. The topological polar surface area (TPSA) is 38.7 Å². The van der Waals surface area contributed by atoms with Crippen LogP contribution in [0.3, 0.4) is 0 Å². The van der Waals surface area contributed by atoms with Gasteiger partial charge in [-0.2, -0.15) is 0 Å². The maximum atomic E-state index is 5.41. The maximum absolute atomic E-state index is 5.41. The SMILES string of the molecule is c1ccc(-c2ccc(-c3nc(-c4ccccc4)nc(-c4cccc5c4C4(c6ccccc6-5)c5ccccc5-c5c4cc4c6c(cccc56)-c5ccccc5-4)n3)cc2)cc1. The van der Waals surface area contributed by atoms with Crippen LogP contribution in [0.5, 0.6) is 0 Å². The lowest BCUT2D eigenvalue weighted by Gasteiger charge is -2.32. The third-order valence-electron chi connectivity index (χ3n) is 12.9. The Morgan fingerprint density at radius 2 is 0.763 bits per heavy atom. The molecule has 10 aromatic rings. The van der Waals surface area contributed by atoms with Gasteiger partial charge in [-0.3, -0.25) is 0 Å². The van der Waals surface area contributed by atoms with E-state index in [1.165, 1.54) is 83.1 Å². The fourth-order valence-corrected chi connectivity index (χ4v) is 10.5. The molecule has 0 fully saturated rings. The van der Waals surface area contributed by atoms with Gasteiger partial charge >= 0.3 is 0 Å². The average Bonchev–Trinajstić information content (AvgIpc) is 3.92. The highest BCUT2D eigenvalue weighted by atomic mass is 15.0. The number of rotatable bonds is 4. The normalized spacial score (nSPS) is 14.8. The second-order valence-corrected chi connectivity index (χ2v) is 15.8. The van der Waals surface area contributed by atoms with Crippen molar-refractivity contribution >= 4 is 10.8 Å². The lowest BCUT2D eigenvalue weighted by atomic mass is 9.68. The second-order valence-electron chi connectivity index (χ2n) is 15.8. The van der Waals surface area contributed by atoms with Gasteiger partial charge in [-0.25, -0.2) is 15.0 Å². The fourth-order valence-electron chi connectivity index (χ4n) is 10.5. The van der Waals surface area contributed by atoms with Crippen LogP contribution in [0.2, 0.25) is 0 Å². The molecule has 13 rings (SSSR count). The second kappa shape index (κ2) is 12.1. The highest BCUT2D eigenvalue weighted by Crippen LogP contribution is 2.66. The molecular formula is C56H33N3. The van der Waals surface area contributed by atoms with E-state index in [1.54, 1.807) is 0 Å². The molecule has 0 bridgehead atoms. The molecule has 3 aliphatic rings. The first-order valence-corrected chi connectivity index (χ1v) is 20.3. The van der Waals surface area contributed by atoms with E-state index in [-0.39, 0.29) is 0 Å². The minimum absolute atomic E-state index is 0.621. The van der Waals surface area contributed by atoms with E-state index in [2.05, 4.69) is 176 Å². The van der Waals surface area contributed by atoms with Gasteiger partial charge < -0.3 is 0 Å². The molecule has 3 heteroatoms. The maximum Gasteiger partial charge on any atom is 0.164 e. The van der Waals surface area contributed by atoms with Crippen LogP contribution in [-0.2, 0) is 5.41 Å². The number of aromatic nitrogens is 3. The Labute approximate surface area is 342 Å². The summed E-state index contributed by atoms with van der Waals surface area (Å²) >= 11 is 0. The number of hydrogen-bond donors (Lipinski definition) is 0. The van der Waals surface area contributed by atoms with Gasteiger partial charge in [0.05, 0.1) is 5.41 Å². The first kappa shape index (κ1) is 32.3. The molecule has 0 aliphatic heterocycles. The molecule has 1 spiro atoms. The van der Waals surface area contributed by atoms with Gasteiger partial charge in [0.15, 0.2) is 17.5 Å². The van der Waals surface area contributed by atoms with Crippen molar-refractivity contribution in [1.29, 1.82) is 0 Å². The van der Waals surface area contributed by atoms with Crippen molar-refractivity contribution in [3.8, 4) is 89.8 Å². The minimum Gasteiger partial charge on any atom is -0.208 e. The summed E-state index contributed by atoms with van der Waals surface area (Å²) in [6.07, 6.45) is 0. The van der Waals surface area contributed by atoms with Gasteiger partial charge in [-0.05, 0) is 94.7 Å². The largest absolute Gasteiger partial charge is 0.208 e. The Morgan fingerprint density at radius 1 is 0.288 bits per heavy atom. The highest BCUT2D eigenvalue weighted by molar-refractivity contribution is 6.21. The first-order valence-electron chi connectivity index (χ1n) is 20.3. The summed E-state index contributed by atoms with van der Waals surface area (Å²) in [6.45, 7) is 0. The predicted octanol–water partition coefficient (Wildman–Crippen LogP) is 13.7. The molecule has 1 heterocycles. The van der Waals surface area contributed by atoms with Crippen molar-refractivity contribution in [3.05, 3.63) is 222 Å². The lowest BCUT2D eigenvalue weighted by Crippen LogP contribution is -2.27. The van der Waals surface area contributed by atoms with E-state index in [4.69, 9.17) is 15.0 Å². The van der Waals surface area contributed by atoms with Crippen LogP contribution in [0.1, 0.15) is 22.3 Å². The van der Waals surface area contributed by atoms with Gasteiger partial charge in [0.25, 0.3) is 0 Å².